The van der Waals surface area contributed by atoms with Crippen molar-refractivity contribution >= 4 is 11.6 Å². The van der Waals surface area contributed by atoms with E-state index < -0.39 is 0 Å². The topological polar surface area (TPSA) is 56.2 Å². The number of nitrogens with zero attached hydrogens (tertiary/aromatic N) is 2. The SMILES string of the molecule is Cn1cc(NC(=O)CC[C@H]2CCCO2)cn1. The minimum atomic E-state index is 0.0310. The fourth-order valence-corrected chi connectivity index (χ4v) is 1.87. The summed E-state index contributed by atoms with van der Waals surface area (Å²) in [5, 5.41) is 6.79. The largest absolute Gasteiger partial charge is 0.378 e. The van der Waals surface area contributed by atoms with Gasteiger partial charge < -0.3 is 10.1 Å². The van der Waals surface area contributed by atoms with Gasteiger partial charge in [-0.1, -0.05) is 0 Å². The van der Waals surface area contributed by atoms with Crippen molar-refractivity contribution in [3.05, 3.63) is 12.4 Å². The number of hydrogen-bond acceptors (Lipinski definition) is 3. The van der Waals surface area contributed by atoms with Crippen LogP contribution >= 0.6 is 0 Å². The van der Waals surface area contributed by atoms with E-state index in [4.69, 9.17) is 4.74 Å². The molecule has 1 aliphatic rings. The molecule has 1 N–H and O–H groups in total. The Morgan fingerprint density at radius 1 is 1.75 bits per heavy atom. The van der Waals surface area contributed by atoms with E-state index in [0.717, 1.165) is 31.6 Å². The number of aryl methyl sites for hydroxylation is 1. The highest BCUT2D eigenvalue weighted by Crippen LogP contribution is 2.17. The number of anilines is 1. The zero-order valence-electron chi connectivity index (χ0n) is 9.48. The fourth-order valence-electron chi connectivity index (χ4n) is 1.87. The number of ether oxygens (including phenoxy) is 1. The molecule has 5 heteroatoms. The monoisotopic (exact) mass is 223 g/mol. The van der Waals surface area contributed by atoms with Crippen LogP contribution in [0.15, 0.2) is 12.4 Å². The summed E-state index contributed by atoms with van der Waals surface area (Å²) in [6.07, 6.45) is 7.23. The molecule has 0 spiro atoms. The maximum absolute atomic E-state index is 11.6. The van der Waals surface area contributed by atoms with Crippen molar-refractivity contribution in [1.82, 2.24) is 9.78 Å². The van der Waals surface area contributed by atoms with E-state index in [1.807, 2.05) is 7.05 Å². The molecule has 0 aliphatic carbocycles. The molecule has 1 amide bonds. The first-order valence-corrected chi connectivity index (χ1v) is 5.64. The summed E-state index contributed by atoms with van der Waals surface area (Å²) in [5.74, 6) is 0.0310. The summed E-state index contributed by atoms with van der Waals surface area (Å²) in [5.41, 5.74) is 0.750. The average Bonchev–Trinajstić information content (AvgIpc) is 2.87. The van der Waals surface area contributed by atoms with Gasteiger partial charge in [0.15, 0.2) is 0 Å². The maximum atomic E-state index is 11.6. The summed E-state index contributed by atoms with van der Waals surface area (Å²) < 4.78 is 7.12. The van der Waals surface area contributed by atoms with Crippen molar-refractivity contribution in [2.75, 3.05) is 11.9 Å². The Morgan fingerprint density at radius 3 is 3.25 bits per heavy atom. The smallest absolute Gasteiger partial charge is 0.224 e. The molecule has 0 radical (unpaired) electrons. The Kier molecular flexibility index (Phi) is 3.56. The Labute approximate surface area is 94.8 Å². The van der Waals surface area contributed by atoms with Crippen molar-refractivity contribution in [1.29, 1.82) is 0 Å². The second-order valence-electron chi connectivity index (χ2n) is 4.12. The van der Waals surface area contributed by atoms with Crippen LogP contribution in [0.3, 0.4) is 0 Å². The first kappa shape index (κ1) is 11.1. The lowest BCUT2D eigenvalue weighted by molar-refractivity contribution is -0.116. The Morgan fingerprint density at radius 2 is 2.62 bits per heavy atom. The molecule has 1 aromatic heterocycles. The first-order valence-electron chi connectivity index (χ1n) is 5.64. The predicted molar refractivity (Wildman–Crippen MR) is 60.0 cm³/mol. The van der Waals surface area contributed by atoms with E-state index in [1.54, 1.807) is 17.1 Å². The second kappa shape index (κ2) is 5.12. The molecule has 0 saturated carbocycles. The van der Waals surface area contributed by atoms with Crippen LogP contribution < -0.4 is 5.32 Å². The number of aromatic nitrogens is 2. The molecule has 0 unspecified atom stereocenters. The van der Waals surface area contributed by atoms with Crippen molar-refractivity contribution in [2.24, 2.45) is 7.05 Å². The van der Waals surface area contributed by atoms with Crippen LogP contribution in [0.4, 0.5) is 5.69 Å². The van der Waals surface area contributed by atoms with Crippen molar-refractivity contribution in [3.63, 3.8) is 0 Å². The Hall–Kier alpha value is -1.36. The van der Waals surface area contributed by atoms with Crippen molar-refractivity contribution in [3.8, 4) is 0 Å². The molecule has 0 bridgehead atoms. The molecule has 88 valence electrons. The van der Waals surface area contributed by atoms with Crippen molar-refractivity contribution in [2.45, 2.75) is 31.8 Å². The highest BCUT2D eigenvalue weighted by molar-refractivity contribution is 5.90. The lowest BCUT2D eigenvalue weighted by Crippen LogP contribution is -2.14. The summed E-state index contributed by atoms with van der Waals surface area (Å²) in [4.78, 5) is 11.6. The molecule has 2 rings (SSSR count). The molecular weight excluding hydrogens is 206 g/mol. The fraction of sp³-hybridized carbons (Fsp3) is 0.636. The van der Waals surface area contributed by atoms with Crippen LogP contribution in [0.5, 0.6) is 0 Å². The highest BCUT2D eigenvalue weighted by atomic mass is 16.5. The molecule has 16 heavy (non-hydrogen) atoms. The van der Waals surface area contributed by atoms with Crippen LogP contribution in [0.25, 0.3) is 0 Å². The van der Waals surface area contributed by atoms with E-state index in [1.165, 1.54) is 0 Å². The summed E-state index contributed by atoms with van der Waals surface area (Å²) in [6, 6.07) is 0. The van der Waals surface area contributed by atoms with Gasteiger partial charge in [-0.3, -0.25) is 9.48 Å². The normalized spacial score (nSPS) is 19.9. The van der Waals surface area contributed by atoms with Gasteiger partial charge in [0, 0.05) is 26.3 Å². The van der Waals surface area contributed by atoms with Crippen LogP contribution in [-0.4, -0.2) is 28.4 Å². The molecule has 0 aromatic carbocycles. The third-order valence-electron chi connectivity index (χ3n) is 2.71. The number of nitrogens with one attached hydrogen (secondary N) is 1. The zero-order valence-corrected chi connectivity index (χ0v) is 9.48. The summed E-state index contributed by atoms with van der Waals surface area (Å²) in [6.45, 7) is 0.842. The van der Waals surface area contributed by atoms with E-state index in [-0.39, 0.29) is 12.0 Å². The third-order valence-corrected chi connectivity index (χ3v) is 2.71. The number of carbonyl (C=O) groups is 1. The lowest BCUT2D eigenvalue weighted by Gasteiger charge is -2.08. The third kappa shape index (κ3) is 3.06. The van der Waals surface area contributed by atoms with Gasteiger partial charge in [0.1, 0.15) is 0 Å². The quantitative estimate of drug-likeness (QED) is 0.837. The average molecular weight is 223 g/mol. The van der Waals surface area contributed by atoms with Gasteiger partial charge in [-0.05, 0) is 19.3 Å². The molecule has 1 fully saturated rings. The Balaban J connectivity index is 1.71. The molecule has 1 atom stereocenters. The molecule has 2 heterocycles. The van der Waals surface area contributed by atoms with Gasteiger partial charge in [0.25, 0.3) is 0 Å². The molecule has 1 saturated heterocycles. The second-order valence-corrected chi connectivity index (χ2v) is 4.12. The minimum absolute atomic E-state index is 0.0310. The highest BCUT2D eigenvalue weighted by Gasteiger charge is 2.16. The van der Waals surface area contributed by atoms with Gasteiger partial charge in [0.2, 0.25) is 5.91 Å². The van der Waals surface area contributed by atoms with E-state index in [0.29, 0.717) is 6.42 Å². The number of rotatable bonds is 4. The van der Waals surface area contributed by atoms with Gasteiger partial charge in [0.05, 0.1) is 18.0 Å². The number of carbonyl (C=O) groups excluding carboxylic acids is 1. The Bertz CT molecular complexity index is 356. The molecule has 5 nitrogen and oxygen atoms in total. The molecular formula is C11H17N3O2. The number of hydrogen-bond donors (Lipinski definition) is 1. The van der Waals surface area contributed by atoms with E-state index >= 15 is 0 Å². The standard InChI is InChI=1S/C11H17N3O2/c1-14-8-9(7-12-14)13-11(15)5-4-10-3-2-6-16-10/h7-8,10H,2-6H2,1H3,(H,13,15)/t10-/m1/s1. The molecule has 1 aliphatic heterocycles. The van der Waals surface area contributed by atoms with Gasteiger partial charge in [-0.2, -0.15) is 5.10 Å². The lowest BCUT2D eigenvalue weighted by atomic mass is 10.1. The zero-order chi connectivity index (χ0) is 11.4. The van der Waals surface area contributed by atoms with E-state index in [2.05, 4.69) is 10.4 Å². The van der Waals surface area contributed by atoms with Gasteiger partial charge >= 0.3 is 0 Å². The first-order chi connectivity index (χ1) is 7.74. The van der Waals surface area contributed by atoms with Crippen LogP contribution in [0.1, 0.15) is 25.7 Å². The number of amides is 1. The van der Waals surface area contributed by atoms with E-state index in [9.17, 15) is 4.79 Å². The predicted octanol–water partition coefficient (Wildman–Crippen LogP) is 1.32. The van der Waals surface area contributed by atoms with Crippen molar-refractivity contribution < 1.29 is 9.53 Å². The van der Waals surface area contributed by atoms with Crippen LogP contribution in [0, 0.1) is 0 Å². The van der Waals surface area contributed by atoms with Crippen LogP contribution in [-0.2, 0) is 16.6 Å². The van der Waals surface area contributed by atoms with Gasteiger partial charge in [-0.15, -0.1) is 0 Å². The maximum Gasteiger partial charge on any atom is 0.224 e. The molecule has 1 aromatic rings. The van der Waals surface area contributed by atoms with Gasteiger partial charge in [-0.25, -0.2) is 0 Å². The minimum Gasteiger partial charge on any atom is -0.378 e. The summed E-state index contributed by atoms with van der Waals surface area (Å²) >= 11 is 0. The summed E-state index contributed by atoms with van der Waals surface area (Å²) in [7, 11) is 1.82. The van der Waals surface area contributed by atoms with Crippen LogP contribution in [0.2, 0.25) is 0 Å².